The fourth-order valence-electron chi connectivity index (χ4n) is 0.164. The Morgan fingerprint density at radius 1 is 1.56 bits per heavy atom. The quantitative estimate of drug-likeness (QED) is 0.727. The molecule has 0 aromatic carbocycles. The zero-order valence-corrected chi connectivity index (χ0v) is 11.7. The van der Waals surface area contributed by atoms with Crippen LogP contribution < -0.4 is 5.32 Å². The Morgan fingerprint density at radius 3 is 2.11 bits per heavy atom. The summed E-state index contributed by atoms with van der Waals surface area (Å²) in [6.45, 7) is 3.72. The van der Waals surface area contributed by atoms with Crippen molar-refractivity contribution >= 4 is 0 Å². The van der Waals surface area contributed by atoms with Gasteiger partial charge in [-0.25, -0.2) is 18.7 Å². The summed E-state index contributed by atoms with van der Waals surface area (Å²) < 4.78 is 0. The molecule has 0 bridgehead atoms. The third kappa shape index (κ3) is 26.7. The summed E-state index contributed by atoms with van der Waals surface area (Å²) in [6.07, 6.45) is 3.81. The maximum atomic E-state index is 3.37. The molecule has 0 aromatic rings. The van der Waals surface area contributed by atoms with E-state index in [-0.39, 0.29) is 61.2 Å². The van der Waals surface area contributed by atoms with Crippen LogP contribution in [0.15, 0.2) is 12.2 Å². The number of hydrogen-bond donors (Lipinski definition) is 1. The van der Waals surface area contributed by atoms with Crippen LogP contribution in [0, 0.1) is 21.0 Å². The topological polar surface area (TPSA) is 12.0 Å². The molecule has 0 atom stereocenters. The molecule has 0 rings (SSSR count). The second-order valence-electron chi connectivity index (χ2n) is 0.897. The molecule has 0 aliphatic carbocycles. The van der Waals surface area contributed by atoms with E-state index in [4.69, 9.17) is 0 Å². The number of nitrogens with one attached hydrogen (secondary N) is 1. The minimum Gasteiger partial charge on any atom is -0.530 e. The predicted molar refractivity (Wildman–Crippen MR) is 34.0 cm³/mol. The Labute approximate surface area is 98.2 Å². The summed E-state index contributed by atoms with van der Waals surface area (Å²) in [4.78, 5) is 0. The van der Waals surface area contributed by atoms with Gasteiger partial charge in [0.15, 0.2) is 0 Å². The van der Waals surface area contributed by atoms with Crippen LogP contribution in [0.1, 0.15) is 6.92 Å². The van der Waals surface area contributed by atoms with Gasteiger partial charge in [0.05, 0.1) is 0 Å². The largest absolute Gasteiger partial charge is 2.00 e. The van der Waals surface area contributed by atoms with Crippen molar-refractivity contribution in [3.05, 3.63) is 33.2 Å². The standard InChI is InChI=1S/C5H9N.CH3.W.Y/c1-3-4-5-6-2;;;/h3-6H,2H2,1H3;1H3;;/q-2;-1;+2;/b4-3+;;;. The van der Waals surface area contributed by atoms with Gasteiger partial charge < -0.3 is 12.7 Å². The molecule has 1 radical (unpaired) electrons. The van der Waals surface area contributed by atoms with Crippen molar-refractivity contribution in [2.45, 2.75) is 6.92 Å². The van der Waals surface area contributed by atoms with Gasteiger partial charge in [-0.3, -0.25) is 7.05 Å². The van der Waals surface area contributed by atoms with Crippen LogP contribution in [0.4, 0.5) is 0 Å². The van der Waals surface area contributed by atoms with E-state index in [1.54, 1.807) is 6.54 Å². The van der Waals surface area contributed by atoms with E-state index in [1.807, 2.05) is 19.1 Å². The first-order valence-electron chi connectivity index (χ1n) is 1.89. The molecule has 0 amide bonds. The minimum atomic E-state index is 0. The first kappa shape index (κ1) is 22.4. The maximum Gasteiger partial charge on any atom is 2.00 e. The Kier molecular flexibility index (Phi) is 56.8. The molecule has 0 aromatic heterocycles. The molecule has 0 fully saturated rings. The van der Waals surface area contributed by atoms with Gasteiger partial charge in [0.2, 0.25) is 0 Å². The van der Waals surface area contributed by atoms with Gasteiger partial charge in [-0.15, -0.1) is 6.92 Å². The van der Waals surface area contributed by atoms with E-state index in [1.165, 1.54) is 0 Å². The Balaban J connectivity index is -0.0000000417. The SMILES string of the molecule is [CH2-]N[CH-]/C=C/C.[CH3-].[W+2].[Y]. The van der Waals surface area contributed by atoms with Crippen LogP contribution in [0.2, 0.25) is 0 Å². The van der Waals surface area contributed by atoms with E-state index < -0.39 is 0 Å². The molecule has 3 heteroatoms. The first-order chi connectivity index (χ1) is 2.91. The smallest absolute Gasteiger partial charge is 0.530 e. The van der Waals surface area contributed by atoms with Crippen LogP contribution in [-0.4, -0.2) is 0 Å². The second-order valence-corrected chi connectivity index (χ2v) is 0.897. The molecule has 0 aliphatic rings. The third-order valence-corrected chi connectivity index (χ3v) is 0.407. The van der Waals surface area contributed by atoms with Crippen molar-refractivity contribution in [3.63, 3.8) is 0 Å². The van der Waals surface area contributed by atoms with Crippen LogP contribution in [-0.2, 0) is 53.8 Å². The van der Waals surface area contributed by atoms with Gasteiger partial charge in [-0.2, -0.15) is 0 Å². The monoisotopic (exact) mass is 371 g/mol. The molecule has 0 saturated carbocycles. The van der Waals surface area contributed by atoms with Crippen molar-refractivity contribution in [1.82, 2.24) is 5.32 Å². The molecule has 0 heterocycles. The Bertz CT molecular complexity index is 48.3. The van der Waals surface area contributed by atoms with Crippen LogP contribution in [0.3, 0.4) is 0 Å². The fraction of sp³-hybridized carbons (Fsp3) is 0.167. The zero-order valence-electron chi connectivity index (χ0n) is 5.92. The summed E-state index contributed by atoms with van der Waals surface area (Å²) >= 11 is 0. The maximum absolute atomic E-state index is 3.37. The zero-order chi connectivity index (χ0) is 4.83. The molecule has 0 aliphatic heterocycles. The average Bonchev–Trinajstić information content (AvgIpc) is 1.61. The van der Waals surface area contributed by atoms with Gasteiger partial charge in [-0.1, -0.05) is 0 Å². The van der Waals surface area contributed by atoms with Crippen LogP contribution in [0.5, 0.6) is 0 Å². The van der Waals surface area contributed by atoms with E-state index in [9.17, 15) is 0 Å². The van der Waals surface area contributed by atoms with Gasteiger partial charge in [0.25, 0.3) is 0 Å². The van der Waals surface area contributed by atoms with Crippen molar-refractivity contribution in [3.8, 4) is 0 Å². The van der Waals surface area contributed by atoms with Gasteiger partial charge >= 0.3 is 21.1 Å². The van der Waals surface area contributed by atoms with Crippen molar-refractivity contribution < 1.29 is 53.8 Å². The van der Waals surface area contributed by atoms with E-state index in [0.29, 0.717) is 0 Å². The average molecular weight is 371 g/mol. The van der Waals surface area contributed by atoms with E-state index in [2.05, 4.69) is 12.4 Å². The minimum absolute atomic E-state index is 0. The Morgan fingerprint density at radius 2 is 2.00 bits per heavy atom. The number of rotatable bonds is 2. The summed E-state index contributed by atoms with van der Waals surface area (Å²) in [6, 6.07) is 0. The number of hydrogen-bond acceptors (Lipinski definition) is 1. The second kappa shape index (κ2) is 22.8. The van der Waals surface area contributed by atoms with Crippen molar-refractivity contribution in [2.75, 3.05) is 0 Å². The molecule has 51 valence electrons. The Hall–Kier alpha value is 1.36. The van der Waals surface area contributed by atoms with E-state index >= 15 is 0 Å². The van der Waals surface area contributed by atoms with Crippen molar-refractivity contribution in [1.29, 1.82) is 0 Å². The molecular weight excluding hydrogens is 359 g/mol. The summed E-state index contributed by atoms with van der Waals surface area (Å²) in [5.41, 5.74) is 0. The van der Waals surface area contributed by atoms with Crippen molar-refractivity contribution in [2.24, 2.45) is 0 Å². The van der Waals surface area contributed by atoms with Gasteiger partial charge in [-0.05, 0) is 0 Å². The molecule has 0 unspecified atom stereocenters. The summed E-state index contributed by atoms with van der Waals surface area (Å²) in [5, 5.41) is 2.61. The van der Waals surface area contributed by atoms with Crippen LogP contribution in [0.25, 0.3) is 0 Å². The molecule has 1 N–H and O–H groups in total. The summed E-state index contributed by atoms with van der Waals surface area (Å²) in [5.74, 6) is 0. The molecular formula is C6H12NWY-. The molecule has 1 nitrogen and oxygen atoms in total. The first-order valence-corrected chi connectivity index (χ1v) is 1.89. The van der Waals surface area contributed by atoms with Gasteiger partial charge in [0.1, 0.15) is 0 Å². The normalized spacial score (nSPS) is 6.44. The summed E-state index contributed by atoms with van der Waals surface area (Å²) in [7, 11) is 3.37. The molecule has 9 heavy (non-hydrogen) atoms. The molecule has 0 spiro atoms. The number of allylic oxidation sites excluding steroid dienone is 1. The molecule has 0 saturated heterocycles. The fourth-order valence-corrected chi connectivity index (χ4v) is 0.164. The van der Waals surface area contributed by atoms with E-state index in [0.717, 1.165) is 0 Å². The van der Waals surface area contributed by atoms with Crippen LogP contribution >= 0.6 is 0 Å². The predicted octanol–water partition coefficient (Wildman–Crippen LogP) is 1.55. The third-order valence-electron chi connectivity index (χ3n) is 0.407. The van der Waals surface area contributed by atoms with Gasteiger partial charge in [0, 0.05) is 32.7 Å².